The van der Waals surface area contributed by atoms with E-state index in [2.05, 4.69) is 36.9 Å². The molecular formula is C15H24N2. The molecule has 94 valence electrons. The lowest BCUT2D eigenvalue weighted by Gasteiger charge is -2.32. The van der Waals surface area contributed by atoms with Crippen LogP contribution in [0.1, 0.15) is 29.5 Å². The molecule has 1 heterocycles. The topological polar surface area (TPSA) is 29.3 Å². The molecule has 1 atom stereocenters. The van der Waals surface area contributed by atoms with E-state index in [0.717, 1.165) is 13.1 Å². The van der Waals surface area contributed by atoms with Crippen LogP contribution in [0.3, 0.4) is 0 Å². The van der Waals surface area contributed by atoms with Crippen molar-refractivity contribution in [2.45, 2.75) is 33.2 Å². The van der Waals surface area contributed by atoms with Crippen LogP contribution in [-0.4, -0.2) is 24.5 Å². The Balaban J connectivity index is 1.97. The molecule has 0 amide bonds. The molecule has 0 saturated carbocycles. The van der Waals surface area contributed by atoms with Gasteiger partial charge in [0, 0.05) is 13.1 Å². The molecule has 0 radical (unpaired) electrons. The Bertz CT molecular complexity index is 373. The predicted molar refractivity (Wildman–Crippen MR) is 73.0 cm³/mol. The van der Waals surface area contributed by atoms with E-state index in [0.29, 0.717) is 5.92 Å². The molecule has 2 N–H and O–H groups in total. The van der Waals surface area contributed by atoms with Crippen molar-refractivity contribution >= 4 is 0 Å². The number of rotatable bonds is 3. The second-order valence-electron chi connectivity index (χ2n) is 5.40. The largest absolute Gasteiger partial charge is 0.330 e. The number of nitrogens with two attached hydrogens (primary N) is 1. The third kappa shape index (κ3) is 3.30. The zero-order valence-electron chi connectivity index (χ0n) is 11.1. The highest BCUT2D eigenvalue weighted by Crippen LogP contribution is 2.18. The van der Waals surface area contributed by atoms with Gasteiger partial charge in [0.25, 0.3) is 0 Å². The third-order valence-electron chi connectivity index (χ3n) is 3.91. The minimum atomic E-state index is 0.704. The summed E-state index contributed by atoms with van der Waals surface area (Å²) in [6.45, 7) is 8.68. The van der Waals surface area contributed by atoms with Crippen LogP contribution < -0.4 is 5.73 Å². The van der Waals surface area contributed by atoms with E-state index in [9.17, 15) is 0 Å². The molecule has 2 rings (SSSR count). The first kappa shape index (κ1) is 12.6. The monoisotopic (exact) mass is 232 g/mol. The highest BCUT2D eigenvalue weighted by Gasteiger charge is 2.18. The minimum Gasteiger partial charge on any atom is -0.330 e. The molecule has 0 aliphatic carbocycles. The Morgan fingerprint density at radius 3 is 2.82 bits per heavy atom. The maximum absolute atomic E-state index is 5.78. The summed E-state index contributed by atoms with van der Waals surface area (Å²) in [5, 5.41) is 0. The van der Waals surface area contributed by atoms with Gasteiger partial charge < -0.3 is 5.73 Å². The standard InChI is InChI=1S/C15H24N2/c1-12-5-6-14(8-13(12)2)10-17-7-3-4-15(9-16)11-17/h5-6,8,15H,3-4,7,9-11,16H2,1-2H3/t15-/m0/s1. The molecule has 2 heteroatoms. The Labute approximate surface area is 105 Å². The molecule has 1 aliphatic rings. The molecule has 1 fully saturated rings. The van der Waals surface area contributed by atoms with Gasteiger partial charge in [-0.1, -0.05) is 18.2 Å². The van der Waals surface area contributed by atoms with Crippen LogP contribution >= 0.6 is 0 Å². The zero-order chi connectivity index (χ0) is 12.3. The van der Waals surface area contributed by atoms with Crippen molar-refractivity contribution in [2.75, 3.05) is 19.6 Å². The van der Waals surface area contributed by atoms with Crippen molar-refractivity contribution in [3.8, 4) is 0 Å². The number of piperidine rings is 1. The van der Waals surface area contributed by atoms with Crippen LogP contribution in [0.15, 0.2) is 18.2 Å². The lowest BCUT2D eigenvalue weighted by molar-refractivity contribution is 0.171. The second-order valence-corrected chi connectivity index (χ2v) is 5.40. The summed E-state index contributed by atoms with van der Waals surface area (Å²) in [7, 11) is 0. The van der Waals surface area contributed by atoms with Crippen molar-refractivity contribution in [2.24, 2.45) is 11.7 Å². The Morgan fingerprint density at radius 2 is 2.12 bits per heavy atom. The molecular weight excluding hydrogens is 208 g/mol. The first-order chi connectivity index (χ1) is 8.19. The summed E-state index contributed by atoms with van der Waals surface area (Å²) in [4.78, 5) is 2.55. The molecule has 1 aromatic rings. The van der Waals surface area contributed by atoms with Gasteiger partial charge in [-0.2, -0.15) is 0 Å². The summed E-state index contributed by atoms with van der Waals surface area (Å²) in [6.07, 6.45) is 2.60. The minimum absolute atomic E-state index is 0.704. The van der Waals surface area contributed by atoms with E-state index in [1.807, 2.05) is 0 Å². The normalized spacial score (nSPS) is 21.7. The van der Waals surface area contributed by atoms with Gasteiger partial charge in [-0.15, -0.1) is 0 Å². The molecule has 1 aliphatic heterocycles. The van der Waals surface area contributed by atoms with Crippen molar-refractivity contribution in [1.82, 2.24) is 4.90 Å². The lowest BCUT2D eigenvalue weighted by Crippen LogP contribution is -2.37. The van der Waals surface area contributed by atoms with Crippen molar-refractivity contribution in [3.05, 3.63) is 34.9 Å². The SMILES string of the molecule is Cc1ccc(CN2CCC[C@@H](CN)C2)cc1C. The highest BCUT2D eigenvalue weighted by atomic mass is 15.1. The van der Waals surface area contributed by atoms with Crippen molar-refractivity contribution in [1.29, 1.82) is 0 Å². The Kier molecular flexibility index (Phi) is 4.19. The second kappa shape index (κ2) is 5.65. The van der Waals surface area contributed by atoms with Gasteiger partial charge in [0.1, 0.15) is 0 Å². The number of hydrogen-bond acceptors (Lipinski definition) is 2. The van der Waals surface area contributed by atoms with Gasteiger partial charge in [0.05, 0.1) is 0 Å². The smallest absolute Gasteiger partial charge is 0.0233 e. The maximum Gasteiger partial charge on any atom is 0.0233 e. The fourth-order valence-corrected chi connectivity index (χ4v) is 2.65. The zero-order valence-corrected chi connectivity index (χ0v) is 11.1. The quantitative estimate of drug-likeness (QED) is 0.867. The molecule has 1 saturated heterocycles. The van der Waals surface area contributed by atoms with Gasteiger partial charge in [-0.05, 0) is 62.4 Å². The molecule has 0 aromatic heterocycles. The average Bonchev–Trinajstić information content (AvgIpc) is 2.34. The third-order valence-corrected chi connectivity index (χ3v) is 3.91. The maximum atomic E-state index is 5.78. The van der Waals surface area contributed by atoms with Crippen molar-refractivity contribution in [3.63, 3.8) is 0 Å². The first-order valence-corrected chi connectivity index (χ1v) is 6.67. The Hall–Kier alpha value is -0.860. The molecule has 0 spiro atoms. The molecule has 1 aromatic carbocycles. The van der Waals surface area contributed by atoms with E-state index < -0.39 is 0 Å². The number of aryl methyl sites for hydroxylation is 2. The molecule has 0 unspecified atom stereocenters. The van der Waals surface area contributed by atoms with Crippen LogP contribution in [0.5, 0.6) is 0 Å². The van der Waals surface area contributed by atoms with Gasteiger partial charge in [0.2, 0.25) is 0 Å². The average molecular weight is 232 g/mol. The van der Waals surface area contributed by atoms with Crippen LogP contribution in [0.25, 0.3) is 0 Å². The summed E-state index contributed by atoms with van der Waals surface area (Å²) < 4.78 is 0. The van der Waals surface area contributed by atoms with Gasteiger partial charge in [0.15, 0.2) is 0 Å². The van der Waals surface area contributed by atoms with Crippen molar-refractivity contribution < 1.29 is 0 Å². The van der Waals surface area contributed by atoms with E-state index in [1.54, 1.807) is 0 Å². The van der Waals surface area contributed by atoms with E-state index >= 15 is 0 Å². The van der Waals surface area contributed by atoms with Crippen LogP contribution in [0.2, 0.25) is 0 Å². The highest BCUT2D eigenvalue weighted by molar-refractivity contribution is 5.29. The number of likely N-dealkylation sites (tertiary alicyclic amines) is 1. The number of nitrogens with zero attached hydrogens (tertiary/aromatic N) is 1. The Morgan fingerprint density at radius 1 is 1.29 bits per heavy atom. The molecule has 2 nitrogen and oxygen atoms in total. The number of benzene rings is 1. The van der Waals surface area contributed by atoms with Gasteiger partial charge in [-0.25, -0.2) is 0 Å². The summed E-state index contributed by atoms with van der Waals surface area (Å²) >= 11 is 0. The summed E-state index contributed by atoms with van der Waals surface area (Å²) in [5.41, 5.74) is 9.99. The fourth-order valence-electron chi connectivity index (χ4n) is 2.65. The predicted octanol–water partition coefficient (Wildman–Crippen LogP) is 2.47. The number of hydrogen-bond donors (Lipinski definition) is 1. The van der Waals surface area contributed by atoms with Crippen LogP contribution in [-0.2, 0) is 6.54 Å². The van der Waals surface area contributed by atoms with Crippen LogP contribution in [0.4, 0.5) is 0 Å². The molecule has 0 bridgehead atoms. The van der Waals surface area contributed by atoms with E-state index in [-0.39, 0.29) is 0 Å². The summed E-state index contributed by atoms with van der Waals surface area (Å²) in [5.74, 6) is 0.704. The van der Waals surface area contributed by atoms with E-state index in [1.165, 1.54) is 42.6 Å². The fraction of sp³-hybridized carbons (Fsp3) is 0.600. The van der Waals surface area contributed by atoms with Gasteiger partial charge in [-0.3, -0.25) is 4.90 Å². The van der Waals surface area contributed by atoms with E-state index in [4.69, 9.17) is 5.73 Å². The lowest BCUT2D eigenvalue weighted by atomic mass is 9.97. The van der Waals surface area contributed by atoms with Gasteiger partial charge >= 0.3 is 0 Å². The van der Waals surface area contributed by atoms with Crippen LogP contribution in [0, 0.1) is 19.8 Å². The first-order valence-electron chi connectivity index (χ1n) is 6.67. The molecule has 17 heavy (non-hydrogen) atoms. The summed E-state index contributed by atoms with van der Waals surface area (Å²) in [6, 6.07) is 6.81.